The van der Waals surface area contributed by atoms with Crippen molar-refractivity contribution in [2.45, 2.75) is 32.2 Å². The number of aryl methyl sites for hydroxylation is 1. The molecule has 1 aromatic carbocycles. The number of hydrogen-bond donors (Lipinski definition) is 1. The van der Waals surface area contributed by atoms with Crippen molar-refractivity contribution < 1.29 is 0 Å². The van der Waals surface area contributed by atoms with E-state index in [-0.39, 0.29) is 0 Å². The molecule has 0 saturated carbocycles. The van der Waals surface area contributed by atoms with Crippen molar-refractivity contribution in [2.24, 2.45) is 0 Å². The van der Waals surface area contributed by atoms with E-state index in [0.29, 0.717) is 6.04 Å². The van der Waals surface area contributed by atoms with Crippen LogP contribution in [0.15, 0.2) is 24.3 Å². The van der Waals surface area contributed by atoms with Gasteiger partial charge in [-0.05, 0) is 43.5 Å². The number of likely N-dealkylation sites (N-methyl/N-ethyl adjacent to an activating group) is 1. The second kappa shape index (κ2) is 5.35. The van der Waals surface area contributed by atoms with Crippen LogP contribution >= 0.6 is 0 Å². The number of benzene rings is 1. The van der Waals surface area contributed by atoms with Crippen LogP contribution < -0.4 is 10.2 Å². The summed E-state index contributed by atoms with van der Waals surface area (Å²) in [6, 6.07) is 9.62. The standard InChI is InChI=1S/C14H22N2/c1-3-12-6-8-13(9-7-12)16(2)14-5-4-10-15-11-14/h6-9,14-15H,3-5,10-11H2,1-2H3. The van der Waals surface area contributed by atoms with Crippen LogP contribution in [0.1, 0.15) is 25.3 Å². The van der Waals surface area contributed by atoms with Crippen LogP contribution in [0, 0.1) is 0 Å². The number of hydrogen-bond acceptors (Lipinski definition) is 2. The van der Waals surface area contributed by atoms with Crippen LogP contribution in [-0.4, -0.2) is 26.2 Å². The Kier molecular flexibility index (Phi) is 3.83. The summed E-state index contributed by atoms with van der Waals surface area (Å²) in [6.07, 6.45) is 3.72. The minimum atomic E-state index is 0.654. The van der Waals surface area contributed by atoms with Crippen molar-refractivity contribution in [3.63, 3.8) is 0 Å². The zero-order chi connectivity index (χ0) is 11.4. The quantitative estimate of drug-likeness (QED) is 0.838. The number of nitrogens with one attached hydrogen (secondary N) is 1. The Morgan fingerprint density at radius 1 is 1.31 bits per heavy atom. The van der Waals surface area contributed by atoms with Crippen molar-refractivity contribution in [2.75, 3.05) is 25.0 Å². The molecule has 1 atom stereocenters. The fourth-order valence-corrected chi connectivity index (χ4v) is 2.34. The number of nitrogens with zero attached hydrogens (tertiary/aromatic N) is 1. The SMILES string of the molecule is CCc1ccc(N(C)C2CCCNC2)cc1. The average molecular weight is 218 g/mol. The van der Waals surface area contributed by atoms with Gasteiger partial charge in [-0.1, -0.05) is 19.1 Å². The van der Waals surface area contributed by atoms with Gasteiger partial charge in [0, 0.05) is 25.3 Å². The molecule has 0 bridgehead atoms. The highest BCUT2D eigenvalue weighted by Gasteiger charge is 2.17. The molecule has 1 aromatic rings. The van der Waals surface area contributed by atoms with E-state index in [0.717, 1.165) is 13.0 Å². The van der Waals surface area contributed by atoms with Crippen molar-refractivity contribution in [3.8, 4) is 0 Å². The first-order valence-electron chi connectivity index (χ1n) is 6.33. The van der Waals surface area contributed by atoms with Crippen LogP contribution in [0.4, 0.5) is 5.69 Å². The number of anilines is 1. The van der Waals surface area contributed by atoms with Gasteiger partial charge in [0.2, 0.25) is 0 Å². The number of rotatable bonds is 3. The van der Waals surface area contributed by atoms with E-state index < -0.39 is 0 Å². The zero-order valence-electron chi connectivity index (χ0n) is 10.4. The summed E-state index contributed by atoms with van der Waals surface area (Å²) in [4.78, 5) is 2.41. The van der Waals surface area contributed by atoms with E-state index in [1.807, 2.05) is 0 Å². The monoisotopic (exact) mass is 218 g/mol. The minimum absolute atomic E-state index is 0.654. The van der Waals surface area contributed by atoms with Gasteiger partial charge in [-0.25, -0.2) is 0 Å². The Bertz CT molecular complexity index is 312. The molecule has 2 rings (SSSR count). The molecule has 1 saturated heterocycles. The van der Waals surface area contributed by atoms with E-state index >= 15 is 0 Å². The van der Waals surface area contributed by atoms with Gasteiger partial charge in [-0.3, -0.25) is 0 Å². The molecule has 1 N–H and O–H groups in total. The average Bonchev–Trinajstić information content (AvgIpc) is 2.39. The molecule has 16 heavy (non-hydrogen) atoms. The molecular weight excluding hydrogens is 196 g/mol. The van der Waals surface area contributed by atoms with E-state index in [4.69, 9.17) is 0 Å². The lowest BCUT2D eigenvalue weighted by molar-refractivity contribution is 0.445. The Hall–Kier alpha value is -1.02. The summed E-state index contributed by atoms with van der Waals surface area (Å²) in [5.41, 5.74) is 2.75. The molecule has 2 nitrogen and oxygen atoms in total. The van der Waals surface area contributed by atoms with E-state index in [1.54, 1.807) is 0 Å². The summed E-state index contributed by atoms with van der Waals surface area (Å²) in [5.74, 6) is 0. The molecule has 1 unspecified atom stereocenters. The van der Waals surface area contributed by atoms with Gasteiger partial charge < -0.3 is 10.2 Å². The Balaban J connectivity index is 2.04. The lowest BCUT2D eigenvalue weighted by Crippen LogP contribution is -2.44. The Morgan fingerprint density at radius 2 is 2.06 bits per heavy atom. The molecule has 1 aliphatic rings. The van der Waals surface area contributed by atoms with Gasteiger partial charge in [-0.2, -0.15) is 0 Å². The molecule has 0 aromatic heterocycles. The second-order valence-electron chi connectivity index (χ2n) is 4.63. The van der Waals surface area contributed by atoms with E-state index in [2.05, 4.69) is 48.5 Å². The molecule has 1 aliphatic heterocycles. The van der Waals surface area contributed by atoms with Gasteiger partial charge in [0.15, 0.2) is 0 Å². The lowest BCUT2D eigenvalue weighted by Gasteiger charge is -2.33. The van der Waals surface area contributed by atoms with Crippen molar-refractivity contribution in [3.05, 3.63) is 29.8 Å². The van der Waals surface area contributed by atoms with E-state index in [9.17, 15) is 0 Å². The first-order valence-corrected chi connectivity index (χ1v) is 6.33. The highest BCUT2D eigenvalue weighted by molar-refractivity contribution is 5.48. The largest absolute Gasteiger partial charge is 0.370 e. The van der Waals surface area contributed by atoms with Crippen molar-refractivity contribution >= 4 is 5.69 Å². The fraction of sp³-hybridized carbons (Fsp3) is 0.571. The topological polar surface area (TPSA) is 15.3 Å². The molecule has 1 heterocycles. The Morgan fingerprint density at radius 3 is 2.62 bits per heavy atom. The normalized spacial score (nSPS) is 20.8. The summed E-state index contributed by atoms with van der Waals surface area (Å²) in [5, 5.41) is 3.47. The smallest absolute Gasteiger partial charge is 0.0411 e. The van der Waals surface area contributed by atoms with Gasteiger partial charge in [0.05, 0.1) is 0 Å². The summed E-state index contributed by atoms with van der Waals surface area (Å²) in [6.45, 7) is 4.49. The molecule has 1 fully saturated rings. The first-order chi connectivity index (χ1) is 7.81. The van der Waals surface area contributed by atoms with Crippen LogP contribution in [0.5, 0.6) is 0 Å². The summed E-state index contributed by atoms with van der Waals surface area (Å²) >= 11 is 0. The summed E-state index contributed by atoms with van der Waals surface area (Å²) in [7, 11) is 2.21. The molecule has 88 valence electrons. The van der Waals surface area contributed by atoms with Gasteiger partial charge >= 0.3 is 0 Å². The fourth-order valence-electron chi connectivity index (χ4n) is 2.34. The van der Waals surface area contributed by atoms with Crippen LogP contribution in [-0.2, 0) is 6.42 Å². The summed E-state index contributed by atoms with van der Waals surface area (Å²) < 4.78 is 0. The Labute approximate surface area is 98.7 Å². The first kappa shape index (κ1) is 11.5. The van der Waals surface area contributed by atoms with Gasteiger partial charge in [0.1, 0.15) is 0 Å². The van der Waals surface area contributed by atoms with Crippen LogP contribution in [0.3, 0.4) is 0 Å². The predicted octanol–water partition coefficient (Wildman–Crippen LogP) is 2.44. The molecule has 0 radical (unpaired) electrons. The van der Waals surface area contributed by atoms with Crippen LogP contribution in [0.25, 0.3) is 0 Å². The highest BCUT2D eigenvalue weighted by Crippen LogP contribution is 2.19. The van der Waals surface area contributed by atoms with Crippen molar-refractivity contribution in [1.82, 2.24) is 5.32 Å². The molecule has 0 spiro atoms. The number of piperidine rings is 1. The maximum Gasteiger partial charge on any atom is 0.0411 e. The van der Waals surface area contributed by atoms with Crippen molar-refractivity contribution in [1.29, 1.82) is 0 Å². The molecule has 0 aliphatic carbocycles. The van der Waals surface area contributed by atoms with Crippen LogP contribution in [0.2, 0.25) is 0 Å². The second-order valence-corrected chi connectivity index (χ2v) is 4.63. The maximum atomic E-state index is 3.47. The third kappa shape index (κ3) is 2.56. The highest BCUT2D eigenvalue weighted by atomic mass is 15.2. The van der Waals surface area contributed by atoms with Gasteiger partial charge in [0.25, 0.3) is 0 Å². The zero-order valence-corrected chi connectivity index (χ0v) is 10.4. The lowest BCUT2D eigenvalue weighted by atomic mass is 10.1. The van der Waals surface area contributed by atoms with Gasteiger partial charge in [-0.15, -0.1) is 0 Å². The molecule has 0 amide bonds. The minimum Gasteiger partial charge on any atom is -0.370 e. The molecular formula is C14H22N2. The molecule has 2 heteroatoms. The van der Waals surface area contributed by atoms with E-state index in [1.165, 1.54) is 30.6 Å². The maximum absolute atomic E-state index is 3.47. The predicted molar refractivity (Wildman–Crippen MR) is 70.1 cm³/mol. The third-order valence-electron chi connectivity index (χ3n) is 3.57. The third-order valence-corrected chi connectivity index (χ3v) is 3.57.